The van der Waals surface area contributed by atoms with Crippen molar-refractivity contribution in [2.45, 2.75) is 31.2 Å². The van der Waals surface area contributed by atoms with E-state index in [1.807, 2.05) is 0 Å². The fourth-order valence-electron chi connectivity index (χ4n) is 2.55. The number of hydrogen-bond acceptors (Lipinski definition) is 4. The summed E-state index contributed by atoms with van der Waals surface area (Å²) in [5, 5.41) is 2.68. The van der Waals surface area contributed by atoms with Crippen LogP contribution in [-0.4, -0.2) is 30.2 Å². The molecule has 1 heterocycles. The van der Waals surface area contributed by atoms with Crippen LogP contribution in [-0.2, 0) is 17.4 Å². The molecule has 5 nitrogen and oxygen atoms in total. The van der Waals surface area contributed by atoms with Crippen molar-refractivity contribution in [1.82, 2.24) is 10.3 Å². The first-order valence-corrected chi connectivity index (χ1v) is 8.79. The number of nitrogens with two attached hydrogens (primary N) is 1. The van der Waals surface area contributed by atoms with Gasteiger partial charge in [-0.2, -0.15) is 26.3 Å². The molecule has 0 saturated carbocycles. The summed E-state index contributed by atoms with van der Waals surface area (Å²) in [5.41, 5.74) is 5.47. The Labute approximate surface area is 168 Å². The van der Waals surface area contributed by atoms with Gasteiger partial charge in [0.15, 0.2) is 6.61 Å². The summed E-state index contributed by atoms with van der Waals surface area (Å²) in [7, 11) is 0. The zero-order chi connectivity index (χ0) is 22.4. The minimum atomic E-state index is -4.48. The summed E-state index contributed by atoms with van der Waals surface area (Å²) in [6, 6.07) is 6.29. The molecule has 0 fully saturated rings. The van der Waals surface area contributed by atoms with Gasteiger partial charge in [0, 0.05) is 0 Å². The average molecular weight is 435 g/mol. The van der Waals surface area contributed by atoms with Gasteiger partial charge in [-0.05, 0) is 42.8 Å². The summed E-state index contributed by atoms with van der Waals surface area (Å²) in [5.74, 6) is -0.550. The van der Waals surface area contributed by atoms with E-state index in [0.717, 1.165) is 18.3 Å². The lowest BCUT2D eigenvalue weighted by atomic mass is 10.1. The average Bonchev–Trinajstić information content (AvgIpc) is 2.65. The number of halogens is 6. The van der Waals surface area contributed by atoms with E-state index >= 15 is 0 Å². The Morgan fingerprint density at radius 2 is 1.73 bits per heavy atom. The number of alkyl halides is 6. The van der Waals surface area contributed by atoms with Gasteiger partial charge in [0.1, 0.15) is 5.75 Å². The summed E-state index contributed by atoms with van der Waals surface area (Å²) >= 11 is 0. The van der Waals surface area contributed by atoms with Crippen molar-refractivity contribution in [2.75, 3.05) is 13.2 Å². The Kier molecular flexibility index (Phi) is 7.65. The molecule has 0 aliphatic carbocycles. The van der Waals surface area contributed by atoms with Gasteiger partial charge in [-0.25, -0.2) is 0 Å². The van der Waals surface area contributed by atoms with E-state index < -0.39 is 36.5 Å². The summed E-state index contributed by atoms with van der Waals surface area (Å²) in [6.45, 7) is -1.26. The fourth-order valence-corrected chi connectivity index (χ4v) is 2.55. The van der Waals surface area contributed by atoms with Crippen molar-refractivity contribution in [3.63, 3.8) is 0 Å². The molecule has 0 aliphatic heterocycles. The monoisotopic (exact) mass is 435 g/mol. The van der Waals surface area contributed by atoms with Crippen molar-refractivity contribution < 1.29 is 35.9 Å². The lowest BCUT2D eigenvalue weighted by molar-refractivity contribution is -0.153. The maximum Gasteiger partial charge on any atom is 0.422 e. The number of benzene rings is 1. The van der Waals surface area contributed by atoms with Crippen LogP contribution in [0, 0.1) is 0 Å². The lowest BCUT2D eigenvalue weighted by Crippen LogP contribution is -2.31. The maximum atomic E-state index is 12.6. The number of nitrogens with zero attached hydrogens (tertiary/aromatic N) is 1. The van der Waals surface area contributed by atoms with Gasteiger partial charge in [-0.1, -0.05) is 12.1 Å². The van der Waals surface area contributed by atoms with Gasteiger partial charge in [-0.3, -0.25) is 9.78 Å². The molecule has 164 valence electrons. The quantitative estimate of drug-likeness (QED) is 0.619. The van der Waals surface area contributed by atoms with E-state index in [4.69, 9.17) is 5.73 Å². The van der Waals surface area contributed by atoms with Gasteiger partial charge in [-0.15, -0.1) is 0 Å². The standard InChI is InChI=1S/C19H19F6N3O2/c20-18(21,22)11-30-14-5-6-15(27-10-14)16(7-8-26)28-17(29)9-12-1-3-13(4-2-12)19(23,24)25/h1-6,10,16H,7-9,11,26H2,(H,28,29)/t16-/m1/s1. The first-order valence-electron chi connectivity index (χ1n) is 8.79. The van der Waals surface area contributed by atoms with Crippen LogP contribution in [0.2, 0.25) is 0 Å². The topological polar surface area (TPSA) is 77.2 Å². The molecule has 1 atom stereocenters. The van der Waals surface area contributed by atoms with Gasteiger partial charge in [0.25, 0.3) is 0 Å². The Morgan fingerprint density at radius 3 is 2.23 bits per heavy atom. The van der Waals surface area contributed by atoms with E-state index in [9.17, 15) is 31.1 Å². The SMILES string of the molecule is NCC[C@@H](NC(=O)Cc1ccc(C(F)(F)F)cc1)c1ccc(OCC(F)(F)F)cn1. The van der Waals surface area contributed by atoms with E-state index in [2.05, 4.69) is 15.0 Å². The maximum absolute atomic E-state index is 12.6. The van der Waals surface area contributed by atoms with Gasteiger partial charge >= 0.3 is 12.4 Å². The summed E-state index contributed by atoms with van der Waals surface area (Å²) in [4.78, 5) is 16.3. The number of carbonyl (C=O) groups excluding carboxylic acids is 1. The predicted octanol–water partition coefficient (Wildman–Crippen LogP) is 3.79. The molecular formula is C19H19F6N3O2. The third-order valence-electron chi connectivity index (χ3n) is 3.96. The molecule has 0 radical (unpaired) electrons. The molecular weight excluding hydrogens is 416 g/mol. The second-order valence-electron chi connectivity index (χ2n) is 6.39. The van der Waals surface area contributed by atoms with Crippen LogP contribution >= 0.6 is 0 Å². The Morgan fingerprint density at radius 1 is 1.07 bits per heavy atom. The van der Waals surface area contributed by atoms with Crippen LogP contribution in [0.5, 0.6) is 5.75 Å². The number of rotatable bonds is 8. The third-order valence-corrected chi connectivity index (χ3v) is 3.96. The summed E-state index contributed by atoms with van der Waals surface area (Å²) in [6.07, 6.45) is -7.70. The van der Waals surface area contributed by atoms with Crippen molar-refractivity contribution in [2.24, 2.45) is 5.73 Å². The first kappa shape index (κ1) is 23.5. The van der Waals surface area contributed by atoms with Gasteiger partial charge < -0.3 is 15.8 Å². The summed E-state index contributed by atoms with van der Waals surface area (Å²) < 4.78 is 78.9. The predicted molar refractivity (Wildman–Crippen MR) is 95.5 cm³/mol. The number of aromatic nitrogens is 1. The smallest absolute Gasteiger partial charge is 0.422 e. The number of ether oxygens (including phenoxy) is 1. The Hall–Kier alpha value is -2.82. The normalized spacial score (nSPS) is 13.0. The van der Waals surface area contributed by atoms with Crippen LogP contribution in [0.3, 0.4) is 0 Å². The molecule has 0 unspecified atom stereocenters. The highest BCUT2D eigenvalue weighted by Gasteiger charge is 2.30. The van der Waals surface area contributed by atoms with Crippen molar-refractivity contribution in [3.05, 3.63) is 59.4 Å². The van der Waals surface area contributed by atoms with E-state index in [1.54, 1.807) is 0 Å². The molecule has 3 N–H and O–H groups in total. The van der Waals surface area contributed by atoms with Crippen molar-refractivity contribution in [3.8, 4) is 5.75 Å². The molecule has 30 heavy (non-hydrogen) atoms. The van der Waals surface area contributed by atoms with E-state index in [0.29, 0.717) is 17.7 Å². The second-order valence-corrected chi connectivity index (χ2v) is 6.39. The highest BCUT2D eigenvalue weighted by molar-refractivity contribution is 5.79. The Bertz CT molecular complexity index is 820. The lowest BCUT2D eigenvalue weighted by Gasteiger charge is -2.18. The number of carbonyl (C=O) groups is 1. The number of nitrogens with one attached hydrogen (secondary N) is 1. The Balaban J connectivity index is 1.99. The van der Waals surface area contributed by atoms with Crippen LogP contribution in [0.25, 0.3) is 0 Å². The second kappa shape index (κ2) is 9.79. The van der Waals surface area contributed by atoms with Crippen LogP contribution < -0.4 is 15.8 Å². The van der Waals surface area contributed by atoms with Crippen LogP contribution in [0.4, 0.5) is 26.3 Å². The number of pyridine rings is 1. The molecule has 0 spiro atoms. The van der Waals surface area contributed by atoms with E-state index in [-0.39, 0.29) is 18.7 Å². The molecule has 1 amide bonds. The zero-order valence-electron chi connectivity index (χ0n) is 15.6. The van der Waals surface area contributed by atoms with E-state index in [1.165, 1.54) is 24.3 Å². The molecule has 1 aromatic carbocycles. The molecule has 2 rings (SSSR count). The molecule has 1 aromatic heterocycles. The van der Waals surface area contributed by atoms with Gasteiger partial charge in [0.2, 0.25) is 5.91 Å². The minimum absolute atomic E-state index is 0.0846. The van der Waals surface area contributed by atoms with Gasteiger partial charge in [0.05, 0.1) is 29.9 Å². The molecule has 0 saturated heterocycles. The highest BCUT2D eigenvalue weighted by Crippen LogP contribution is 2.29. The number of amides is 1. The molecule has 0 bridgehead atoms. The largest absolute Gasteiger partial charge is 0.483 e. The molecule has 11 heteroatoms. The van der Waals surface area contributed by atoms with Crippen molar-refractivity contribution >= 4 is 5.91 Å². The van der Waals surface area contributed by atoms with Crippen LogP contribution in [0.1, 0.15) is 29.3 Å². The zero-order valence-corrected chi connectivity index (χ0v) is 15.6. The third kappa shape index (κ3) is 7.54. The first-order chi connectivity index (χ1) is 14.0. The van der Waals surface area contributed by atoms with Crippen molar-refractivity contribution in [1.29, 1.82) is 0 Å². The minimum Gasteiger partial charge on any atom is -0.483 e. The molecule has 0 aliphatic rings. The molecule has 2 aromatic rings. The highest BCUT2D eigenvalue weighted by atomic mass is 19.4. The fraction of sp³-hybridized carbons (Fsp3) is 0.368. The number of hydrogen-bond donors (Lipinski definition) is 2. The van der Waals surface area contributed by atoms with Crippen LogP contribution in [0.15, 0.2) is 42.6 Å².